The van der Waals surface area contributed by atoms with E-state index in [2.05, 4.69) is 0 Å². The Hall–Kier alpha value is -0.690. The Morgan fingerprint density at radius 1 is 1.17 bits per heavy atom. The maximum Gasteiger partial charge on any atom is 0.212 e. The molecule has 24 heavy (non-hydrogen) atoms. The first-order chi connectivity index (χ1) is 11.4. The first kappa shape index (κ1) is 19.6. The van der Waals surface area contributed by atoms with E-state index in [9.17, 15) is 15.0 Å². The van der Waals surface area contributed by atoms with Gasteiger partial charge >= 0.3 is 0 Å². The lowest BCUT2D eigenvalue weighted by Crippen LogP contribution is -2.65. The average molecular weight is 348 g/mol. The summed E-state index contributed by atoms with van der Waals surface area (Å²) in [5.74, 6) is 0. The van der Waals surface area contributed by atoms with Crippen molar-refractivity contribution in [2.45, 2.75) is 74.4 Å². The van der Waals surface area contributed by atoms with Crippen LogP contribution in [0, 0.1) is 0 Å². The van der Waals surface area contributed by atoms with Gasteiger partial charge in [-0.05, 0) is 19.3 Å². The third-order valence-electron chi connectivity index (χ3n) is 4.53. The Balaban J connectivity index is 2.05. The lowest BCUT2D eigenvalue weighted by molar-refractivity contribution is -0.263. The van der Waals surface area contributed by atoms with E-state index >= 15 is 0 Å². The minimum absolute atomic E-state index is 0.169. The molecule has 10 N–H and O–H groups in total. The molecule has 0 spiro atoms. The molecule has 1 aliphatic carbocycles. The topological polar surface area (TPSA) is 189 Å². The molecule has 2 aliphatic rings. The van der Waals surface area contributed by atoms with Gasteiger partial charge in [-0.3, -0.25) is 4.79 Å². The molecule has 0 aromatic carbocycles. The molecule has 0 bridgehead atoms. The van der Waals surface area contributed by atoms with Crippen LogP contribution in [-0.4, -0.2) is 78.2 Å². The first-order valence-electron chi connectivity index (χ1n) is 8.12. The Kier molecular flexibility index (Phi) is 7.04. The number of nitrogens with two attached hydrogens (primary N) is 4. The third kappa shape index (κ3) is 4.48. The molecule has 10 heteroatoms. The highest BCUT2D eigenvalue weighted by atomic mass is 16.7. The number of carbonyl (C=O) groups excluding carboxylic acids is 1. The van der Waals surface area contributed by atoms with Gasteiger partial charge < -0.3 is 47.4 Å². The number of aliphatic hydroxyl groups is 2. The second-order valence-corrected chi connectivity index (χ2v) is 6.39. The number of aldehydes is 1. The van der Waals surface area contributed by atoms with Gasteiger partial charge in [-0.25, -0.2) is 0 Å². The van der Waals surface area contributed by atoms with Gasteiger partial charge in [0.2, 0.25) is 6.29 Å². The molecule has 1 aliphatic heterocycles. The fraction of sp³-hybridized carbons (Fsp3) is 0.929. The van der Waals surface area contributed by atoms with Crippen molar-refractivity contribution in [1.29, 1.82) is 0 Å². The van der Waals surface area contributed by atoms with Crippen molar-refractivity contribution in [2.75, 3.05) is 6.54 Å². The Labute approximate surface area is 140 Å². The molecule has 2 fully saturated rings. The molecular weight excluding hydrogens is 320 g/mol. The second kappa shape index (κ2) is 8.61. The van der Waals surface area contributed by atoms with Crippen molar-refractivity contribution < 1.29 is 29.2 Å². The zero-order chi connectivity index (χ0) is 17.9. The standard InChI is InChI=1S/C14H28N4O6/c15-4-6-1-2-7(16)14(22-6)24-13-9(18)3-8(17)12(11(13)21)23-10(20)5-19/h5-14,20-21H,1-4,15-18H2/t6-,7?,8+,9-,10+,11?,12?,13?,14?/m0/s1. The van der Waals surface area contributed by atoms with E-state index in [-0.39, 0.29) is 24.9 Å². The zero-order valence-corrected chi connectivity index (χ0v) is 13.4. The molecular formula is C14H28N4O6. The van der Waals surface area contributed by atoms with E-state index in [1.807, 2.05) is 0 Å². The van der Waals surface area contributed by atoms with Crippen LogP contribution in [0.1, 0.15) is 19.3 Å². The number of hydrogen-bond donors (Lipinski definition) is 6. The van der Waals surface area contributed by atoms with Crippen molar-refractivity contribution in [2.24, 2.45) is 22.9 Å². The molecule has 0 radical (unpaired) electrons. The van der Waals surface area contributed by atoms with E-state index in [4.69, 9.17) is 37.1 Å². The largest absolute Gasteiger partial charge is 0.388 e. The van der Waals surface area contributed by atoms with Crippen molar-refractivity contribution in [3.8, 4) is 0 Å². The van der Waals surface area contributed by atoms with E-state index in [1.54, 1.807) is 0 Å². The monoisotopic (exact) mass is 348 g/mol. The quantitative estimate of drug-likeness (QED) is 0.207. The summed E-state index contributed by atoms with van der Waals surface area (Å²) in [6.07, 6.45) is -3.82. The van der Waals surface area contributed by atoms with Crippen LogP contribution in [0.5, 0.6) is 0 Å². The molecule has 9 atom stereocenters. The lowest BCUT2D eigenvalue weighted by atomic mass is 9.84. The third-order valence-corrected chi connectivity index (χ3v) is 4.53. The van der Waals surface area contributed by atoms with Gasteiger partial charge in [0.05, 0.1) is 12.1 Å². The predicted octanol–water partition coefficient (Wildman–Crippen LogP) is -3.52. The molecule has 10 nitrogen and oxygen atoms in total. The summed E-state index contributed by atoms with van der Waals surface area (Å²) in [6, 6.07) is -1.60. The van der Waals surface area contributed by atoms with Crippen molar-refractivity contribution >= 4 is 6.29 Å². The molecule has 1 saturated heterocycles. The minimum atomic E-state index is -1.68. The average Bonchev–Trinajstić information content (AvgIpc) is 2.56. The fourth-order valence-corrected chi connectivity index (χ4v) is 3.17. The first-order valence-corrected chi connectivity index (χ1v) is 8.12. The van der Waals surface area contributed by atoms with Gasteiger partial charge in [-0.2, -0.15) is 0 Å². The fourth-order valence-electron chi connectivity index (χ4n) is 3.17. The van der Waals surface area contributed by atoms with Gasteiger partial charge in [-0.15, -0.1) is 0 Å². The normalized spacial score (nSPS) is 44.9. The molecule has 0 amide bonds. The van der Waals surface area contributed by atoms with Gasteiger partial charge in [0.15, 0.2) is 12.6 Å². The van der Waals surface area contributed by atoms with Crippen LogP contribution < -0.4 is 22.9 Å². The SMILES string of the molecule is NC[C@@H]1CCC(N)C(OC2C(O)C(O[C@@H](O)C=O)[C@H](N)C[C@@H]2N)O1. The summed E-state index contributed by atoms with van der Waals surface area (Å²) in [4.78, 5) is 10.6. The predicted molar refractivity (Wildman–Crippen MR) is 83.3 cm³/mol. The number of rotatable bonds is 6. The van der Waals surface area contributed by atoms with Crippen molar-refractivity contribution in [1.82, 2.24) is 0 Å². The van der Waals surface area contributed by atoms with Crippen LogP contribution in [0.2, 0.25) is 0 Å². The van der Waals surface area contributed by atoms with Gasteiger partial charge in [0, 0.05) is 18.6 Å². The summed E-state index contributed by atoms with van der Waals surface area (Å²) in [7, 11) is 0. The molecule has 140 valence electrons. The van der Waals surface area contributed by atoms with Crippen LogP contribution in [0.25, 0.3) is 0 Å². The highest BCUT2D eigenvalue weighted by Gasteiger charge is 2.46. The van der Waals surface area contributed by atoms with Crippen LogP contribution >= 0.6 is 0 Å². The molecule has 2 rings (SSSR count). The highest BCUT2D eigenvalue weighted by Crippen LogP contribution is 2.28. The van der Waals surface area contributed by atoms with Crippen LogP contribution in [-0.2, 0) is 19.0 Å². The Morgan fingerprint density at radius 3 is 2.46 bits per heavy atom. The molecule has 5 unspecified atom stereocenters. The molecule has 0 aromatic rings. The summed E-state index contributed by atoms with van der Waals surface area (Å²) in [5.41, 5.74) is 23.6. The molecule has 0 aromatic heterocycles. The minimum Gasteiger partial charge on any atom is -0.388 e. The lowest BCUT2D eigenvalue weighted by Gasteiger charge is -2.45. The van der Waals surface area contributed by atoms with E-state index in [0.29, 0.717) is 13.0 Å². The summed E-state index contributed by atoms with van der Waals surface area (Å²) in [5, 5.41) is 19.8. The van der Waals surface area contributed by atoms with Crippen molar-refractivity contribution in [3.63, 3.8) is 0 Å². The van der Waals surface area contributed by atoms with Gasteiger partial charge in [-0.1, -0.05) is 0 Å². The maximum absolute atomic E-state index is 10.6. The van der Waals surface area contributed by atoms with Crippen molar-refractivity contribution in [3.05, 3.63) is 0 Å². The maximum atomic E-state index is 10.6. The van der Waals surface area contributed by atoms with Crippen LogP contribution in [0.15, 0.2) is 0 Å². The van der Waals surface area contributed by atoms with E-state index < -0.39 is 43.0 Å². The number of hydrogen-bond acceptors (Lipinski definition) is 10. The summed E-state index contributed by atoms with van der Waals surface area (Å²) >= 11 is 0. The number of carbonyl (C=O) groups is 1. The Morgan fingerprint density at radius 2 is 1.83 bits per heavy atom. The van der Waals surface area contributed by atoms with Gasteiger partial charge in [0.25, 0.3) is 0 Å². The van der Waals surface area contributed by atoms with Gasteiger partial charge in [0.1, 0.15) is 18.3 Å². The summed E-state index contributed by atoms with van der Waals surface area (Å²) in [6.45, 7) is 0.341. The number of ether oxygens (including phenoxy) is 3. The smallest absolute Gasteiger partial charge is 0.212 e. The van der Waals surface area contributed by atoms with E-state index in [1.165, 1.54) is 0 Å². The number of aliphatic hydroxyl groups excluding tert-OH is 2. The Bertz CT molecular complexity index is 417. The highest BCUT2D eigenvalue weighted by molar-refractivity contribution is 5.53. The zero-order valence-electron chi connectivity index (χ0n) is 13.4. The van der Waals surface area contributed by atoms with Crippen LogP contribution in [0.3, 0.4) is 0 Å². The van der Waals surface area contributed by atoms with Crippen LogP contribution in [0.4, 0.5) is 0 Å². The summed E-state index contributed by atoms with van der Waals surface area (Å²) < 4.78 is 16.6. The molecule has 1 heterocycles. The van der Waals surface area contributed by atoms with E-state index in [0.717, 1.165) is 6.42 Å². The molecule has 1 saturated carbocycles. The second-order valence-electron chi connectivity index (χ2n) is 6.39.